The van der Waals surface area contributed by atoms with Gasteiger partial charge in [-0.2, -0.15) is 0 Å². The number of Topliss-reactive ketones (excluding diaryl/α,β-unsaturated/α-hetero) is 1. The Morgan fingerprint density at radius 3 is 2.33 bits per heavy atom. The fraction of sp³-hybridized carbons (Fsp3) is 0.133. The number of halogens is 1. The Balaban J connectivity index is 1.84. The average Bonchev–Trinajstić information content (AvgIpc) is 2.40. The van der Waals surface area contributed by atoms with Gasteiger partial charge in [0.2, 0.25) is 0 Å². The highest BCUT2D eigenvalue weighted by Gasteiger charge is 2.04. The van der Waals surface area contributed by atoms with Crippen molar-refractivity contribution in [3.8, 4) is 0 Å². The second kappa shape index (κ2) is 6.95. The largest absolute Gasteiger partial charge is 0.298 e. The van der Waals surface area contributed by atoms with Gasteiger partial charge in [0.15, 0.2) is 0 Å². The number of ketones is 1. The maximum absolute atomic E-state index is 11.8. The fourth-order valence-corrected chi connectivity index (χ4v) is 2.70. The van der Waals surface area contributed by atoms with Crippen LogP contribution in [0, 0.1) is 3.57 Å². The van der Waals surface area contributed by atoms with E-state index in [1.807, 2.05) is 54.6 Å². The summed E-state index contributed by atoms with van der Waals surface area (Å²) in [5.41, 5.74) is 1.09. The van der Waals surface area contributed by atoms with Gasteiger partial charge < -0.3 is 0 Å². The molecule has 2 rings (SSSR count). The van der Waals surface area contributed by atoms with Crippen molar-refractivity contribution in [1.29, 1.82) is 0 Å². The second-order valence-corrected chi connectivity index (χ2v) is 6.24. The number of hydrogen-bond acceptors (Lipinski definition) is 2. The number of carbonyl (C=O) groups is 1. The minimum Gasteiger partial charge on any atom is -0.298 e. The summed E-state index contributed by atoms with van der Waals surface area (Å²) in [5, 5.41) is 0. The Bertz CT molecular complexity index is 508. The molecule has 0 spiro atoms. The van der Waals surface area contributed by atoms with Crippen LogP contribution in [0.25, 0.3) is 0 Å². The molecule has 2 aromatic rings. The molecule has 0 aliphatic heterocycles. The van der Waals surface area contributed by atoms with E-state index in [9.17, 15) is 4.79 Å². The maximum Gasteiger partial charge on any atom is 0.147 e. The lowest BCUT2D eigenvalue weighted by atomic mass is 10.1. The lowest BCUT2D eigenvalue weighted by Gasteiger charge is -2.02. The Morgan fingerprint density at radius 2 is 1.67 bits per heavy atom. The first-order chi connectivity index (χ1) is 8.74. The minimum absolute atomic E-state index is 0.269. The van der Waals surface area contributed by atoms with Gasteiger partial charge >= 0.3 is 0 Å². The maximum atomic E-state index is 11.8. The molecule has 0 N–H and O–H groups in total. The smallest absolute Gasteiger partial charge is 0.147 e. The normalized spacial score (nSPS) is 10.3. The molecule has 0 unspecified atom stereocenters. The second-order valence-electron chi connectivity index (χ2n) is 3.94. The molecule has 1 nitrogen and oxygen atoms in total. The highest BCUT2D eigenvalue weighted by atomic mass is 127. The zero-order valence-electron chi connectivity index (χ0n) is 9.80. The van der Waals surface area contributed by atoms with E-state index in [-0.39, 0.29) is 5.78 Å². The van der Waals surface area contributed by atoms with Crippen LogP contribution in [0.4, 0.5) is 0 Å². The molecule has 0 aliphatic rings. The van der Waals surface area contributed by atoms with Crippen LogP contribution >= 0.6 is 34.4 Å². The highest BCUT2D eigenvalue weighted by molar-refractivity contribution is 14.1. The van der Waals surface area contributed by atoms with Crippen molar-refractivity contribution in [3.63, 3.8) is 0 Å². The molecule has 0 aliphatic carbocycles. The molecule has 92 valence electrons. The van der Waals surface area contributed by atoms with Crippen LogP contribution in [0.15, 0.2) is 59.5 Å². The Kier molecular flexibility index (Phi) is 5.26. The van der Waals surface area contributed by atoms with Crippen molar-refractivity contribution in [2.24, 2.45) is 0 Å². The molecule has 0 saturated carbocycles. The number of hydrogen-bond donors (Lipinski definition) is 0. The average molecular weight is 368 g/mol. The summed E-state index contributed by atoms with van der Waals surface area (Å²) in [6.45, 7) is 0. The van der Waals surface area contributed by atoms with Crippen LogP contribution in [0.3, 0.4) is 0 Å². The molecule has 0 fully saturated rings. The van der Waals surface area contributed by atoms with E-state index in [4.69, 9.17) is 0 Å². The lowest BCUT2D eigenvalue weighted by molar-refractivity contribution is -0.116. The van der Waals surface area contributed by atoms with Crippen LogP contribution in [-0.4, -0.2) is 11.5 Å². The number of rotatable bonds is 5. The van der Waals surface area contributed by atoms with Crippen LogP contribution in [0.1, 0.15) is 5.56 Å². The topological polar surface area (TPSA) is 17.1 Å². The van der Waals surface area contributed by atoms with Gasteiger partial charge in [-0.3, -0.25) is 4.79 Å². The van der Waals surface area contributed by atoms with Crippen molar-refractivity contribution in [3.05, 3.63) is 63.7 Å². The predicted molar refractivity (Wildman–Crippen MR) is 85.0 cm³/mol. The molecular weight excluding hydrogens is 355 g/mol. The third-order valence-electron chi connectivity index (χ3n) is 2.46. The van der Waals surface area contributed by atoms with Gasteiger partial charge in [-0.05, 0) is 52.4 Å². The molecule has 0 bridgehead atoms. The minimum atomic E-state index is 0.269. The first kappa shape index (κ1) is 13.6. The zero-order valence-corrected chi connectivity index (χ0v) is 12.8. The van der Waals surface area contributed by atoms with Crippen molar-refractivity contribution >= 4 is 40.1 Å². The Labute approximate surface area is 125 Å². The summed E-state index contributed by atoms with van der Waals surface area (Å²) < 4.78 is 1.20. The van der Waals surface area contributed by atoms with Gasteiger partial charge in [-0.15, -0.1) is 11.8 Å². The molecule has 0 radical (unpaired) electrons. The van der Waals surface area contributed by atoms with E-state index < -0.39 is 0 Å². The van der Waals surface area contributed by atoms with Gasteiger partial charge in [-0.1, -0.05) is 30.3 Å². The first-order valence-electron chi connectivity index (χ1n) is 5.68. The summed E-state index contributed by atoms with van der Waals surface area (Å²) >= 11 is 3.87. The molecule has 3 heteroatoms. The summed E-state index contributed by atoms with van der Waals surface area (Å²) in [7, 11) is 0. The predicted octanol–water partition coefficient (Wildman–Crippen LogP) is 4.20. The molecule has 0 amide bonds. The summed E-state index contributed by atoms with van der Waals surface area (Å²) in [6, 6.07) is 18.1. The molecule has 0 heterocycles. The van der Waals surface area contributed by atoms with Gasteiger partial charge in [-0.25, -0.2) is 0 Å². The SMILES string of the molecule is O=C(CSc1ccccc1)Cc1ccc(I)cc1. The third kappa shape index (κ3) is 4.46. The van der Waals surface area contributed by atoms with Crippen molar-refractivity contribution in [2.75, 3.05) is 5.75 Å². The zero-order chi connectivity index (χ0) is 12.8. The lowest BCUT2D eigenvalue weighted by Crippen LogP contribution is -2.05. The fourth-order valence-electron chi connectivity index (χ4n) is 1.56. The van der Waals surface area contributed by atoms with E-state index in [1.54, 1.807) is 11.8 Å². The van der Waals surface area contributed by atoms with Crippen molar-refractivity contribution in [1.82, 2.24) is 0 Å². The first-order valence-corrected chi connectivity index (χ1v) is 7.74. The van der Waals surface area contributed by atoms with Crippen molar-refractivity contribution in [2.45, 2.75) is 11.3 Å². The van der Waals surface area contributed by atoms with E-state index >= 15 is 0 Å². The van der Waals surface area contributed by atoms with Gasteiger partial charge in [0.25, 0.3) is 0 Å². The Morgan fingerprint density at radius 1 is 1.00 bits per heavy atom. The molecule has 0 atom stereocenters. The van der Waals surface area contributed by atoms with Crippen LogP contribution in [-0.2, 0) is 11.2 Å². The van der Waals surface area contributed by atoms with E-state index in [2.05, 4.69) is 22.6 Å². The summed E-state index contributed by atoms with van der Waals surface area (Å²) in [6.07, 6.45) is 0.525. The van der Waals surface area contributed by atoms with E-state index in [0.29, 0.717) is 12.2 Å². The number of carbonyl (C=O) groups excluding carboxylic acids is 1. The van der Waals surface area contributed by atoms with Crippen LogP contribution < -0.4 is 0 Å². The highest BCUT2D eigenvalue weighted by Crippen LogP contribution is 2.17. The molecule has 2 aromatic carbocycles. The van der Waals surface area contributed by atoms with Gasteiger partial charge in [0.1, 0.15) is 5.78 Å². The third-order valence-corrected chi connectivity index (χ3v) is 4.25. The van der Waals surface area contributed by atoms with Crippen LogP contribution in [0.5, 0.6) is 0 Å². The summed E-state index contributed by atoms with van der Waals surface area (Å²) in [5.74, 6) is 0.806. The van der Waals surface area contributed by atoms with Gasteiger partial charge in [0, 0.05) is 14.9 Å². The summed E-state index contributed by atoms with van der Waals surface area (Å²) in [4.78, 5) is 13.0. The molecule has 18 heavy (non-hydrogen) atoms. The van der Waals surface area contributed by atoms with E-state index in [0.717, 1.165) is 10.5 Å². The quantitative estimate of drug-likeness (QED) is 0.582. The standard InChI is InChI=1S/C15H13IOS/c16-13-8-6-12(7-9-13)10-14(17)11-18-15-4-2-1-3-5-15/h1-9H,10-11H2. The van der Waals surface area contributed by atoms with E-state index in [1.165, 1.54) is 3.57 Å². The van der Waals surface area contributed by atoms with Crippen LogP contribution in [0.2, 0.25) is 0 Å². The number of thioether (sulfide) groups is 1. The molecular formula is C15H13IOS. The van der Waals surface area contributed by atoms with Crippen molar-refractivity contribution < 1.29 is 4.79 Å². The molecule has 0 saturated heterocycles. The molecule has 0 aromatic heterocycles. The monoisotopic (exact) mass is 368 g/mol. The number of benzene rings is 2. The van der Waals surface area contributed by atoms with Gasteiger partial charge in [0.05, 0.1) is 5.75 Å². The Hall–Kier alpha value is -0.810.